The molecule has 2 aromatic carbocycles. The first-order chi connectivity index (χ1) is 17.6. The summed E-state index contributed by atoms with van der Waals surface area (Å²) in [6, 6.07) is 14.6. The van der Waals surface area contributed by atoms with E-state index in [1.807, 2.05) is 31.3 Å². The highest BCUT2D eigenvalue weighted by Gasteiger charge is 2.18. The fourth-order valence-electron chi connectivity index (χ4n) is 4.02. The maximum absolute atomic E-state index is 14.5. The molecule has 1 atom stereocenters. The van der Waals surface area contributed by atoms with E-state index in [1.54, 1.807) is 31.3 Å². The Kier molecular flexibility index (Phi) is 9.64. The molecule has 3 rings (SSSR count). The van der Waals surface area contributed by atoms with Crippen LogP contribution in [0.15, 0.2) is 42.5 Å². The molecule has 9 heteroatoms. The molecule has 37 heavy (non-hydrogen) atoms. The van der Waals surface area contributed by atoms with Gasteiger partial charge in [0, 0.05) is 34.4 Å². The van der Waals surface area contributed by atoms with E-state index in [0.717, 1.165) is 45.8 Å². The topological polar surface area (TPSA) is 123 Å². The summed E-state index contributed by atoms with van der Waals surface area (Å²) in [6.07, 6.45) is 3.22. The number of benzene rings is 2. The number of nitriles is 1. The number of nitrogens with one attached hydrogen (secondary N) is 3. The molecule has 0 aliphatic carbocycles. The van der Waals surface area contributed by atoms with E-state index in [4.69, 9.17) is 11.0 Å². The van der Waals surface area contributed by atoms with E-state index >= 15 is 0 Å². The number of likely N-dealkylation sites (N-methyl/N-ethyl adjacent to an activating group) is 1. The molecule has 0 saturated heterocycles. The zero-order valence-electron chi connectivity index (χ0n) is 21.4. The average Bonchev–Trinajstić information content (AvgIpc) is 3.28. The monoisotopic (exact) mass is 523 g/mol. The SMILES string of the molecule is CNC(CCCNC=O)Cc1cc(-c2ccc(C#N)c(F)c2)c(-c2ccc(NCC(C)(C)O)c(N)c2)s1. The maximum Gasteiger partial charge on any atom is 0.207 e. The lowest BCUT2D eigenvalue weighted by molar-refractivity contribution is -0.109. The summed E-state index contributed by atoms with van der Waals surface area (Å²) >= 11 is 1.63. The predicted molar refractivity (Wildman–Crippen MR) is 149 cm³/mol. The summed E-state index contributed by atoms with van der Waals surface area (Å²) < 4.78 is 14.5. The van der Waals surface area contributed by atoms with Crippen LogP contribution in [0.2, 0.25) is 0 Å². The van der Waals surface area contributed by atoms with E-state index in [9.17, 15) is 14.3 Å². The van der Waals surface area contributed by atoms with Gasteiger partial charge < -0.3 is 26.8 Å². The van der Waals surface area contributed by atoms with Gasteiger partial charge >= 0.3 is 0 Å². The molecule has 0 saturated carbocycles. The van der Waals surface area contributed by atoms with Crippen LogP contribution in [0, 0.1) is 17.1 Å². The van der Waals surface area contributed by atoms with Gasteiger partial charge in [-0.2, -0.15) is 5.26 Å². The molecule has 0 bridgehead atoms. The standard InChI is InChI=1S/C28H34FN5O2S/c1-28(2,36)16-34-26-9-8-19(12-25(26)31)27-23(18-6-7-20(15-30)24(29)11-18)14-22(37-27)13-21(32-3)5-4-10-33-17-35/h6-9,11-12,14,17,21,32,34,36H,4-5,10,13,16,31H2,1-3H3,(H,33,35). The molecule has 1 heterocycles. The minimum atomic E-state index is -0.881. The molecule has 7 nitrogen and oxygen atoms in total. The zero-order chi connectivity index (χ0) is 27.0. The summed E-state index contributed by atoms with van der Waals surface area (Å²) in [4.78, 5) is 12.6. The van der Waals surface area contributed by atoms with Crippen LogP contribution in [0.1, 0.15) is 37.1 Å². The lowest BCUT2D eigenvalue weighted by Gasteiger charge is -2.19. The average molecular weight is 524 g/mol. The number of carbonyl (C=O) groups is 1. The van der Waals surface area contributed by atoms with Gasteiger partial charge in [-0.15, -0.1) is 11.3 Å². The van der Waals surface area contributed by atoms with Gasteiger partial charge in [0.15, 0.2) is 0 Å². The number of halogens is 1. The first kappa shape index (κ1) is 28.1. The number of nitrogen functional groups attached to an aromatic ring is 1. The number of nitrogens with zero attached hydrogens (tertiary/aromatic N) is 1. The molecule has 6 N–H and O–H groups in total. The summed E-state index contributed by atoms with van der Waals surface area (Å²) in [5.41, 5.74) is 9.21. The molecule has 0 radical (unpaired) electrons. The van der Waals surface area contributed by atoms with Crippen molar-refractivity contribution in [1.29, 1.82) is 5.26 Å². The largest absolute Gasteiger partial charge is 0.397 e. The normalized spacial score (nSPS) is 12.1. The van der Waals surface area contributed by atoms with Crippen LogP contribution in [0.4, 0.5) is 15.8 Å². The molecule has 3 aromatic rings. The number of anilines is 2. The lowest BCUT2D eigenvalue weighted by Crippen LogP contribution is -2.29. The number of carbonyl (C=O) groups excluding carboxylic acids is 1. The third-order valence-corrected chi connectivity index (χ3v) is 7.23. The first-order valence-electron chi connectivity index (χ1n) is 12.2. The molecule has 196 valence electrons. The number of aliphatic hydroxyl groups is 1. The number of hydrogen-bond donors (Lipinski definition) is 5. The van der Waals surface area contributed by atoms with Gasteiger partial charge in [-0.05, 0) is 81.6 Å². The molecule has 1 unspecified atom stereocenters. The highest BCUT2D eigenvalue weighted by Crippen LogP contribution is 2.42. The molecular weight excluding hydrogens is 489 g/mol. The number of nitrogens with two attached hydrogens (primary N) is 1. The predicted octanol–water partition coefficient (Wildman–Crippen LogP) is 4.51. The quantitative estimate of drug-likeness (QED) is 0.128. The van der Waals surface area contributed by atoms with E-state index < -0.39 is 11.4 Å². The van der Waals surface area contributed by atoms with Crippen molar-refractivity contribution in [3.8, 4) is 27.6 Å². The van der Waals surface area contributed by atoms with Crippen molar-refractivity contribution in [2.45, 2.75) is 44.8 Å². The fourth-order valence-corrected chi connectivity index (χ4v) is 5.28. The zero-order valence-corrected chi connectivity index (χ0v) is 22.2. The molecular formula is C28H34FN5O2S. The van der Waals surface area contributed by atoms with Crippen molar-refractivity contribution in [1.82, 2.24) is 10.6 Å². The van der Waals surface area contributed by atoms with Gasteiger partial charge in [-0.3, -0.25) is 4.79 Å². The van der Waals surface area contributed by atoms with E-state index in [1.165, 1.54) is 12.1 Å². The molecule has 1 aromatic heterocycles. The Labute approximate surface area is 221 Å². The van der Waals surface area contributed by atoms with Crippen LogP contribution >= 0.6 is 11.3 Å². The molecule has 1 amide bonds. The Morgan fingerprint density at radius 3 is 2.59 bits per heavy atom. The second-order valence-electron chi connectivity index (χ2n) is 9.63. The Balaban J connectivity index is 1.96. The summed E-state index contributed by atoms with van der Waals surface area (Å²) in [7, 11) is 1.92. The van der Waals surface area contributed by atoms with Gasteiger partial charge in [-0.1, -0.05) is 12.1 Å². The summed E-state index contributed by atoms with van der Waals surface area (Å²) in [5.74, 6) is -0.555. The van der Waals surface area contributed by atoms with Crippen molar-refractivity contribution in [2.24, 2.45) is 0 Å². The molecule has 0 fully saturated rings. The Hall–Kier alpha value is -3.45. The van der Waals surface area contributed by atoms with Gasteiger partial charge in [0.05, 0.1) is 22.5 Å². The minimum absolute atomic E-state index is 0.00594. The number of rotatable bonds is 13. The van der Waals surface area contributed by atoms with Crippen molar-refractivity contribution < 1.29 is 14.3 Å². The third kappa shape index (κ3) is 7.76. The van der Waals surface area contributed by atoms with Crippen LogP contribution in [0.5, 0.6) is 0 Å². The van der Waals surface area contributed by atoms with Crippen LogP contribution in [-0.4, -0.2) is 43.3 Å². The van der Waals surface area contributed by atoms with Gasteiger partial charge in [0.25, 0.3) is 0 Å². The fraction of sp³-hybridized carbons (Fsp3) is 0.357. The molecule has 0 aliphatic heterocycles. The van der Waals surface area contributed by atoms with Crippen LogP contribution in [-0.2, 0) is 11.2 Å². The highest BCUT2D eigenvalue weighted by molar-refractivity contribution is 7.16. The second kappa shape index (κ2) is 12.7. The summed E-state index contributed by atoms with van der Waals surface area (Å²) in [5, 5.41) is 28.4. The van der Waals surface area contributed by atoms with Crippen molar-refractivity contribution >= 4 is 29.1 Å². The van der Waals surface area contributed by atoms with Gasteiger partial charge in [-0.25, -0.2) is 4.39 Å². The molecule has 0 spiro atoms. The maximum atomic E-state index is 14.5. The van der Waals surface area contributed by atoms with E-state index in [-0.39, 0.29) is 11.6 Å². The number of amides is 1. The van der Waals surface area contributed by atoms with Crippen LogP contribution in [0.3, 0.4) is 0 Å². The second-order valence-corrected chi connectivity index (χ2v) is 10.8. The number of hydrogen-bond acceptors (Lipinski definition) is 7. The smallest absolute Gasteiger partial charge is 0.207 e. The number of thiophene rings is 1. The molecule has 0 aliphatic rings. The highest BCUT2D eigenvalue weighted by atomic mass is 32.1. The van der Waals surface area contributed by atoms with Gasteiger partial charge in [0.1, 0.15) is 11.9 Å². The van der Waals surface area contributed by atoms with Crippen molar-refractivity contribution in [2.75, 3.05) is 31.2 Å². The summed E-state index contributed by atoms with van der Waals surface area (Å²) in [6.45, 7) is 4.42. The minimum Gasteiger partial charge on any atom is -0.397 e. The van der Waals surface area contributed by atoms with E-state index in [2.05, 4.69) is 22.0 Å². The Morgan fingerprint density at radius 1 is 1.22 bits per heavy atom. The van der Waals surface area contributed by atoms with Crippen LogP contribution < -0.4 is 21.7 Å². The first-order valence-corrected chi connectivity index (χ1v) is 13.0. The Bertz CT molecular complexity index is 1260. The van der Waals surface area contributed by atoms with E-state index in [0.29, 0.717) is 30.8 Å². The lowest BCUT2D eigenvalue weighted by atomic mass is 9.99. The van der Waals surface area contributed by atoms with Gasteiger partial charge in [0.2, 0.25) is 6.41 Å². The van der Waals surface area contributed by atoms with Crippen LogP contribution in [0.25, 0.3) is 21.6 Å². The Morgan fingerprint density at radius 2 is 1.97 bits per heavy atom. The third-order valence-electron chi connectivity index (χ3n) is 6.02. The van der Waals surface area contributed by atoms with Crippen molar-refractivity contribution in [3.63, 3.8) is 0 Å². The van der Waals surface area contributed by atoms with Crippen molar-refractivity contribution in [3.05, 3.63) is 58.7 Å².